The van der Waals surface area contributed by atoms with Crippen molar-refractivity contribution in [1.29, 1.82) is 0 Å². The van der Waals surface area contributed by atoms with Crippen molar-refractivity contribution in [2.24, 2.45) is 0 Å². The molecule has 0 aromatic carbocycles. The Bertz CT molecular complexity index is 501. The van der Waals surface area contributed by atoms with E-state index in [2.05, 4.69) is 54.0 Å². The molecule has 2 heterocycles. The summed E-state index contributed by atoms with van der Waals surface area (Å²) in [5.41, 5.74) is 0. The summed E-state index contributed by atoms with van der Waals surface area (Å²) >= 11 is 1.89. The molecular weight excluding hydrogens is 254 g/mol. The van der Waals surface area contributed by atoms with Crippen molar-refractivity contribution in [3.8, 4) is 0 Å². The van der Waals surface area contributed by atoms with Crippen LogP contribution in [0.4, 0.5) is 0 Å². The van der Waals surface area contributed by atoms with Crippen LogP contribution in [0.1, 0.15) is 48.8 Å². The molecule has 2 rings (SSSR count). The van der Waals surface area contributed by atoms with Gasteiger partial charge in [-0.2, -0.15) is 0 Å². The molecule has 3 nitrogen and oxygen atoms in total. The Balaban J connectivity index is 2.30. The summed E-state index contributed by atoms with van der Waals surface area (Å²) in [4.78, 5) is 7.37. The number of hydrogen-bond acceptors (Lipinski definition) is 3. The molecule has 0 amide bonds. The molecule has 2 aromatic rings. The molecule has 0 saturated carbocycles. The molecule has 0 aliphatic carbocycles. The Morgan fingerprint density at radius 2 is 2.16 bits per heavy atom. The van der Waals surface area contributed by atoms with Crippen molar-refractivity contribution in [2.75, 3.05) is 6.54 Å². The smallest absolute Gasteiger partial charge is 0.131 e. The zero-order valence-corrected chi connectivity index (χ0v) is 12.8. The minimum absolute atomic E-state index is 0.219. The zero-order chi connectivity index (χ0) is 13.7. The fraction of sp³-hybridized carbons (Fsp3) is 0.533. The summed E-state index contributed by atoms with van der Waals surface area (Å²) in [5.74, 6) is 1.13. The van der Waals surface area contributed by atoms with Gasteiger partial charge < -0.3 is 9.88 Å². The van der Waals surface area contributed by atoms with Gasteiger partial charge in [-0.05, 0) is 31.5 Å². The summed E-state index contributed by atoms with van der Waals surface area (Å²) < 4.78 is 2.26. The van der Waals surface area contributed by atoms with Gasteiger partial charge in [0.1, 0.15) is 11.9 Å². The lowest BCUT2D eigenvalue weighted by atomic mass is 10.2. The second-order valence-corrected chi connectivity index (χ2v) is 5.83. The van der Waals surface area contributed by atoms with Gasteiger partial charge in [0.2, 0.25) is 0 Å². The third kappa shape index (κ3) is 3.25. The molecule has 0 radical (unpaired) electrons. The summed E-state index contributed by atoms with van der Waals surface area (Å²) in [6, 6.07) is 4.69. The van der Waals surface area contributed by atoms with Gasteiger partial charge in [-0.25, -0.2) is 4.98 Å². The van der Waals surface area contributed by atoms with Gasteiger partial charge in [0.15, 0.2) is 0 Å². The van der Waals surface area contributed by atoms with Gasteiger partial charge in [0.05, 0.1) is 0 Å². The number of aromatic nitrogens is 2. The van der Waals surface area contributed by atoms with E-state index in [0.717, 1.165) is 31.8 Å². The van der Waals surface area contributed by atoms with Crippen molar-refractivity contribution in [3.05, 3.63) is 40.1 Å². The van der Waals surface area contributed by atoms with Crippen LogP contribution in [0.15, 0.2) is 24.5 Å². The maximum Gasteiger partial charge on any atom is 0.131 e. The Hall–Kier alpha value is -1.13. The fourth-order valence-electron chi connectivity index (χ4n) is 2.27. The number of rotatable bonds is 7. The Labute approximate surface area is 119 Å². The molecule has 1 N–H and O–H groups in total. The van der Waals surface area contributed by atoms with E-state index in [9.17, 15) is 0 Å². The molecule has 0 aliphatic heterocycles. The molecule has 0 bridgehead atoms. The largest absolute Gasteiger partial charge is 0.333 e. The first-order chi connectivity index (χ1) is 9.30. The van der Waals surface area contributed by atoms with Crippen LogP contribution < -0.4 is 5.32 Å². The van der Waals surface area contributed by atoms with Gasteiger partial charge in [0.25, 0.3) is 0 Å². The maximum atomic E-state index is 4.57. The topological polar surface area (TPSA) is 29.9 Å². The number of thiophene rings is 1. The molecule has 1 unspecified atom stereocenters. The highest BCUT2D eigenvalue weighted by Gasteiger charge is 2.19. The minimum atomic E-state index is 0.219. The van der Waals surface area contributed by atoms with Crippen LogP contribution in [0.2, 0.25) is 0 Å². The van der Waals surface area contributed by atoms with Gasteiger partial charge >= 0.3 is 0 Å². The summed E-state index contributed by atoms with van der Waals surface area (Å²) in [5, 5.41) is 3.56. The normalized spacial score (nSPS) is 12.8. The van der Waals surface area contributed by atoms with Crippen molar-refractivity contribution >= 4 is 11.3 Å². The van der Waals surface area contributed by atoms with E-state index in [0.29, 0.717) is 0 Å². The van der Waals surface area contributed by atoms with Crippen LogP contribution in [-0.2, 0) is 13.0 Å². The lowest BCUT2D eigenvalue weighted by molar-refractivity contribution is 0.549. The van der Waals surface area contributed by atoms with Crippen LogP contribution in [0.25, 0.3) is 0 Å². The summed E-state index contributed by atoms with van der Waals surface area (Å²) in [7, 11) is 0. The molecule has 104 valence electrons. The predicted molar refractivity (Wildman–Crippen MR) is 81.7 cm³/mol. The van der Waals surface area contributed by atoms with Crippen LogP contribution in [0.3, 0.4) is 0 Å². The van der Waals surface area contributed by atoms with Gasteiger partial charge in [-0.15, -0.1) is 11.3 Å². The quantitative estimate of drug-likeness (QED) is 0.838. The second-order valence-electron chi connectivity index (χ2n) is 4.63. The first-order valence-electron chi connectivity index (χ1n) is 7.13. The highest BCUT2D eigenvalue weighted by Crippen LogP contribution is 2.28. The van der Waals surface area contributed by atoms with E-state index < -0.39 is 0 Å². The number of nitrogens with zero attached hydrogens (tertiary/aromatic N) is 2. The first-order valence-corrected chi connectivity index (χ1v) is 7.94. The minimum Gasteiger partial charge on any atom is -0.333 e. The highest BCUT2D eigenvalue weighted by molar-refractivity contribution is 7.12. The van der Waals surface area contributed by atoms with E-state index in [4.69, 9.17) is 0 Å². The lowest BCUT2D eigenvalue weighted by Crippen LogP contribution is -2.24. The van der Waals surface area contributed by atoms with Crippen LogP contribution in [-0.4, -0.2) is 16.1 Å². The van der Waals surface area contributed by atoms with Gasteiger partial charge in [-0.3, -0.25) is 0 Å². The monoisotopic (exact) mass is 277 g/mol. The summed E-state index contributed by atoms with van der Waals surface area (Å²) in [6.45, 7) is 8.53. The zero-order valence-electron chi connectivity index (χ0n) is 12.0. The second kappa shape index (κ2) is 6.87. The lowest BCUT2D eigenvalue weighted by Gasteiger charge is -2.17. The van der Waals surface area contributed by atoms with Gasteiger partial charge in [-0.1, -0.05) is 20.8 Å². The number of nitrogens with one attached hydrogen (secondary N) is 1. The molecule has 0 aliphatic rings. The average molecular weight is 277 g/mol. The molecule has 2 aromatic heterocycles. The van der Waals surface area contributed by atoms with E-state index in [1.165, 1.54) is 9.75 Å². The molecule has 4 heteroatoms. The first kappa shape index (κ1) is 14.3. The average Bonchev–Trinajstić information content (AvgIpc) is 3.05. The standard InChI is InChI=1S/C15H23N3S/c1-4-10-18-11-9-17-15(18)14(16-6-3)13-8-7-12(5-2)19-13/h7-9,11,14,16H,4-6,10H2,1-3H3. The van der Waals surface area contributed by atoms with Crippen molar-refractivity contribution in [1.82, 2.24) is 14.9 Å². The van der Waals surface area contributed by atoms with Crippen LogP contribution in [0.5, 0.6) is 0 Å². The van der Waals surface area contributed by atoms with E-state index >= 15 is 0 Å². The van der Waals surface area contributed by atoms with Crippen molar-refractivity contribution < 1.29 is 0 Å². The molecule has 19 heavy (non-hydrogen) atoms. The van der Waals surface area contributed by atoms with Gasteiger partial charge in [0, 0.05) is 28.7 Å². The Morgan fingerprint density at radius 3 is 2.79 bits per heavy atom. The van der Waals surface area contributed by atoms with Crippen LogP contribution >= 0.6 is 11.3 Å². The van der Waals surface area contributed by atoms with E-state index in [1.807, 2.05) is 17.5 Å². The molecular formula is C15H23N3S. The SMILES string of the molecule is CCCn1ccnc1C(NCC)c1ccc(CC)s1. The Kier molecular flexibility index (Phi) is 5.16. The molecule has 1 atom stereocenters. The number of aryl methyl sites for hydroxylation is 2. The third-order valence-electron chi connectivity index (χ3n) is 3.19. The summed E-state index contributed by atoms with van der Waals surface area (Å²) in [6.07, 6.45) is 6.22. The number of hydrogen-bond donors (Lipinski definition) is 1. The maximum absolute atomic E-state index is 4.57. The van der Waals surface area contributed by atoms with E-state index in [-0.39, 0.29) is 6.04 Å². The fourth-order valence-corrected chi connectivity index (χ4v) is 3.30. The Morgan fingerprint density at radius 1 is 1.32 bits per heavy atom. The molecule has 0 fully saturated rings. The third-order valence-corrected chi connectivity index (χ3v) is 4.49. The van der Waals surface area contributed by atoms with Crippen molar-refractivity contribution in [3.63, 3.8) is 0 Å². The molecule has 0 saturated heterocycles. The highest BCUT2D eigenvalue weighted by atomic mass is 32.1. The predicted octanol–water partition coefficient (Wildman–Crippen LogP) is 3.62. The van der Waals surface area contributed by atoms with Crippen LogP contribution in [0, 0.1) is 0 Å². The van der Waals surface area contributed by atoms with E-state index in [1.54, 1.807) is 0 Å². The van der Waals surface area contributed by atoms with Crippen molar-refractivity contribution in [2.45, 2.75) is 46.2 Å². The molecule has 0 spiro atoms. The number of imidazole rings is 1.